The summed E-state index contributed by atoms with van der Waals surface area (Å²) >= 11 is 1.71. The van der Waals surface area contributed by atoms with Crippen LogP contribution in [0.1, 0.15) is 6.85 Å². The number of rotatable bonds is 5. The molecule has 0 bridgehead atoms. The molecular weight excluding hydrogens is 629 g/mol. The van der Waals surface area contributed by atoms with E-state index in [0.29, 0.717) is 22.8 Å². The van der Waals surface area contributed by atoms with E-state index in [0.717, 1.165) is 48.0 Å². The van der Waals surface area contributed by atoms with E-state index in [1.807, 2.05) is 42.5 Å². The molecular formula is C45H28N4S. The maximum atomic E-state index is 8.68. The van der Waals surface area contributed by atoms with E-state index in [4.69, 9.17) is 16.8 Å². The lowest BCUT2D eigenvalue weighted by Crippen LogP contribution is -1.99. The Hall–Kier alpha value is -6.43. The molecule has 0 saturated carbocycles. The molecule has 0 unspecified atom stereocenters. The third-order valence-corrected chi connectivity index (χ3v) is 10.3. The molecule has 0 aliphatic rings. The molecule has 3 aromatic heterocycles. The standard InChI is InChI=1S/C45H28N4S/c1-4-14-29(15-5-1)33-26-37-36-25-24-32(45-47-43(30-16-6-2-7-17-30)46-44(48-45)31-18-8-3-9-19-31)28-41(36)50-42(37)40(27-33)49-38-22-12-10-20-34(38)35-21-11-13-23-39(35)49/h1-28H/i2D,6D,7D,16D,17D. The highest BCUT2D eigenvalue weighted by Gasteiger charge is 2.19. The van der Waals surface area contributed by atoms with Crippen LogP contribution in [0, 0.1) is 0 Å². The first-order valence-electron chi connectivity index (χ1n) is 18.8. The highest BCUT2D eigenvalue weighted by Crippen LogP contribution is 2.44. The van der Waals surface area contributed by atoms with Gasteiger partial charge in [-0.3, -0.25) is 0 Å². The SMILES string of the molecule is [2H]c1c([2H])c([2H])c(-c2nc(-c3ccccc3)nc(-c3ccc4c(c3)sc3c(-n5c6ccccc6c6ccccc65)cc(-c5ccccc5)cc34)n2)c([2H])c1[2H]. The molecule has 0 radical (unpaired) electrons. The molecule has 4 nitrogen and oxygen atoms in total. The van der Waals surface area contributed by atoms with E-state index >= 15 is 0 Å². The Morgan fingerprint density at radius 2 is 1.02 bits per heavy atom. The summed E-state index contributed by atoms with van der Waals surface area (Å²) in [5, 5.41) is 4.61. The zero-order valence-corrected chi connectivity index (χ0v) is 27.3. The summed E-state index contributed by atoms with van der Waals surface area (Å²) in [5.41, 5.74) is 6.95. The van der Waals surface area contributed by atoms with Gasteiger partial charge in [0.15, 0.2) is 17.5 Å². The number of thiophene rings is 1. The van der Waals surface area contributed by atoms with Gasteiger partial charge < -0.3 is 4.57 Å². The molecule has 0 aliphatic heterocycles. The molecule has 3 heterocycles. The van der Waals surface area contributed by atoms with Crippen molar-refractivity contribution in [3.63, 3.8) is 0 Å². The average Bonchev–Trinajstić information content (AvgIpc) is 3.78. The first-order chi connectivity index (χ1) is 26.9. The number of fused-ring (bicyclic) bond motifs is 6. The first kappa shape index (κ1) is 23.8. The Kier molecular flexibility index (Phi) is 5.54. The molecule has 0 spiro atoms. The Morgan fingerprint density at radius 1 is 0.440 bits per heavy atom. The van der Waals surface area contributed by atoms with Crippen molar-refractivity contribution in [2.24, 2.45) is 0 Å². The summed E-state index contributed by atoms with van der Waals surface area (Å²) in [5.74, 6) is 0.686. The smallest absolute Gasteiger partial charge is 0.164 e. The molecule has 50 heavy (non-hydrogen) atoms. The van der Waals surface area contributed by atoms with Gasteiger partial charge in [0.1, 0.15) is 0 Å². The molecule has 10 rings (SSSR count). The third kappa shape index (κ3) is 4.71. The van der Waals surface area contributed by atoms with E-state index in [2.05, 4.69) is 107 Å². The Morgan fingerprint density at radius 3 is 1.70 bits per heavy atom. The predicted octanol–water partition coefficient (Wildman–Crippen LogP) is 12.0. The number of benzene rings is 7. The van der Waals surface area contributed by atoms with Gasteiger partial charge in [-0.1, -0.05) is 139 Å². The highest BCUT2D eigenvalue weighted by atomic mass is 32.1. The number of nitrogens with zero attached hydrogens (tertiary/aromatic N) is 4. The minimum atomic E-state index is -0.470. The average molecular weight is 662 g/mol. The van der Waals surface area contributed by atoms with Gasteiger partial charge >= 0.3 is 0 Å². The molecule has 7 aromatic carbocycles. The maximum Gasteiger partial charge on any atom is 0.164 e. The minimum Gasteiger partial charge on any atom is -0.308 e. The van der Waals surface area contributed by atoms with Crippen molar-refractivity contribution in [2.45, 2.75) is 0 Å². The normalized spacial score (nSPS) is 13.0. The quantitative estimate of drug-likeness (QED) is 0.184. The lowest BCUT2D eigenvalue weighted by atomic mass is 10.0. The van der Waals surface area contributed by atoms with E-state index in [9.17, 15) is 0 Å². The molecule has 0 N–H and O–H groups in total. The Balaban J connectivity index is 1.23. The molecule has 0 atom stereocenters. The van der Waals surface area contributed by atoms with Crippen molar-refractivity contribution < 1.29 is 6.85 Å². The number of hydrogen-bond donors (Lipinski definition) is 0. The van der Waals surface area contributed by atoms with Gasteiger partial charge in [0.2, 0.25) is 0 Å². The molecule has 10 aromatic rings. The van der Waals surface area contributed by atoms with Crippen LogP contribution in [0.2, 0.25) is 0 Å². The van der Waals surface area contributed by atoms with Crippen LogP contribution < -0.4 is 0 Å². The lowest BCUT2D eigenvalue weighted by molar-refractivity contribution is 1.07. The molecule has 0 fully saturated rings. The van der Waals surface area contributed by atoms with Crippen molar-refractivity contribution in [1.82, 2.24) is 19.5 Å². The third-order valence-electron chi connectivity index (χ3n) is 9.13. The number of para-hydroxylation sites is 2. The van der Waals surface area contributed by atoms with Crippen LogP contribution in [0.4, 0.5) is 0 Å². The summed E-state index contributed by atoms with van der Waals surface area (Å²) < 4.78 is 46.7. The van der Waals surface area contributed by atoms with Gasteiger partial charge in [-0.2, -0.15) is 0 Å². The van der Waals surface area contributed by atoms with E-state index in [1.165, 1.54) is 10.8 Å². The van der Waals surface area contributed by atoms with Crippen LogP contribution in [0.3, 0.4) is 0 Å². The van der Waals surface area contributed by atoms with E-state index in [-0.39, 0.29) is 23.5 Å². The second-order valence-electron chi connectivity index (χ2n) is 12.1. The molecule has 0 aliphatic carbocycles. The lowest BCUT2D eigenvalue weighted by Gasteiger charge is -2.12. The van der Waals surface area contributed by atoms with Gasteiger partial charge in [-0.05, 0) is 41.5 Å². The zero-order valence-electron chi connectivity index (χ0n) is 31.5. The summed E-state index contributed by atoms with van der Waals surface area (Å²) in [6.07, 6.45) is 0. The summed E-state index contributed by atoms with van der Waals surface area (Å²) in [6.45, 7) is 0. The van der Waals surface area contributed by atoms with E-state index in [1.54, 1.807) is 11.3 Å². The van der Waals surface area contributed by atoms with E-state index < -0.39 is 18.1 Å². The van der Waals surface area contributed by atoms with Gasteiger partial charge in [0.25, 0.3) is 0 Å². The summed E-state index contributed by atoms with van der Waals surface area (Å²) in [6, 6.07) is 45.6. The maximum absolute atomic E-state index is 8.68. The van der Waals surface area contributed by atoms with Crippen LogP contribution >= 0.6 is 11.3 Å². The molecule has 0 saturated heterocycles. The fraction of sp³-hybridized carbons (Fsp3) is 0. The Bertz CT molecular complexity index is 3080. The fourth-order valence-corrected chi connectivity index (χ4v) is 8.07. The largest absolute Gasteiger partial charge is 0.308 e. The first-order valence-corrected chi connectivity index (χ1v) is 17.1. The van der Waals surface area contributed by atoms with Crippen molar-refractivity contribution in [2.75, 3.05) is 0 Å². The Labute approximate surface area is 299 Å². The van der Waals surface area contributed by atoms with Gasteiger partial charge in [0.05, 0.1) is 28.3 Å². The second kappa shape index (κ2) is 11.6. The van der Waals surface area contributed by atoms with Crippen LogP contribution in [0.5, 0.6) is 0 Å². The van der Waals surface area contributed by atoms with Crippen LogP contribution in [0.15, 0.2) is 170 Å². The second-order valence-corrected chi connectivity index (χ2v) is 13.1. The van der Waals surface area contributed by atoms with Crippen molar-refractivity contribution in [3.05, 3.63) is 170 Å². The van der Waals surface area contributed by atoms with Crippen molar-refractivity contribution >= 4 is 53.3 Å². The van der Waals surface area contributed by atoms with Crippen molar-refractivity contribution in [3.8, 4) is 51.0 Å². The van der Waals surface area contributed by atoms with Gasteiger partial charge in [-0.15, -0.1) is 11.3 Å². The molecule has 5 heteroatoms. The monoisotopic (exact) mass is 661 g/mol. The van der Waals surface area contributed by atoms with Crippen molar-refractivity contribution in [1.29, 1.82) is 0 Å². The number of hydrogen-bond acceptors (Lipinski definition) is 4. The van der Waals surface area contributed by atoms with Crippen LogP contribution in [0.25, 0.3) is 93.0 Å². The summed E-state index contributed by atoms with van der Waals surface area (Å²) in [4.78, 5) is 14.3. The van der Waals surface area contributed by atoms with Gasteiger partial charge in [-0.25, -0.2) is 15.0 Å². The topological polar surface area (TPSA) is 43.6 Å². The summed E-state index contributed by atoms with van der Waals surface area (Å²) in [7, 11) is 0. The predicted molar refractivity (Wildman–Crippen MR) is 209 cm³/mol. The zero-order chi connectivity index (χ0) is 37.4. The van der Waals surface area contributed by atoms with Crippen LogP contribution in [-0.2, 0) is 0 Å². The molecule has 0 amide bonds. The molecule has 234 valence electrons. The fourth-order valence-electron chi connectivity index (χ4n) is 6.84. The van der Waals surface area contributed by atoms with Crippen LogP contribution in [-0.4, -0.2) is 19.5 Å². The minimum absolute atomic E-state index is 0.0124. The highest BCUT2D eigenvalue weighted by molar-refractivity contribution is 7.26. The number of aromatic nitrogens is 4. The van der Waals surface area contributed by atoms with Gasteiger partial charge in [0, 0.05) is 42.9 Å².